The number of ether oxygens (including phenoxy) is 1. The van der Waals surface area contributed by atoms with E-state index in [-0.39, 0.29) is 6.61 Å². The van der Waals surface area contributed by atoms with Gasteiger partial charge in [0.05, 0.1) is 0 Å². The summed E-state index contributed by atoms with van der Waals surface area (Å²) in [4.78, 5) is 0. The minimum atomic E-state index is 0.280. The summed E-state index contributed by atoms with van der Waals surface area (Å²) in [6.45, 7) is 5.66. The highest BCUT2D eigenvalue weighted by Gasteiger charge is 1.88. The molecule has 2 nitrogen and oxygen atoms in total. The lowest BCUT2D eigenvalue weighted by molar-refractivity contribution is 0.122. The van der Waals surface area contributed by atoms with Crippen molar-refractivity contribution in [2.75, 3.05) is 19.8 Å². The van der Waals surface area contributed by atoms with Crippen molar-refractivity contribution in [2.24, 2.45) is 0 Å². The van der Waals surface area contributed by atoms with E-state index in [0.717, 1.165) is 45.3 Å². The normalized spacial score (nSPS) is 10.4. The zero-order chi connectivity index (χ0) is 8.36. The fourth-order valence-electron chi connectivity index (χ4n) is 0.799. The fraction of sp³-hybridized carbons (Fsp3) is 0.889. The molecule has 0 saturated carbocycles. The van der Waals surface area contributed by atoms with Gasteiger partial charge in [-0.2, -0.15) is 0 Å². The third-order valence-electron chi connectivity index (χ3n) is 1.49. The van der Waals surface area contributed by atoms with Crippen LogP contribution >= 0.6 is 0 Å². The lowest BCUT2D eigenvalue weighted by Gasteiger charge is -2.01. The summed E-state index contributed by atoms with van der Waals surface area (Å²) in [5.74, 6) is 0. The van der Waals surface area contributed by atoms with Gasteiger partial charge in [0, 0.05) is 19.8 Å². The molecule has 1 radical (unpaired) electrons. The van der Waals surface area contributed by atoms with Crippen LogP contribution in [-0.2, 0) is 4.74 Å². The van der Waals surface area contributed by atoms with Gasteiger partial charge < -0.3 is 9.84 Å². The number of hydrogen-bond donors (Lipinski definition) is 1. The van der Waals surface area contributed by atoms with Crippen molar-refractivity contribution in [1.29, 1.82) is 0 Å². The third-order valence-corrected chi connectivity index (χ3v) is 1.49. The van der Waals surface area contributed by atoms with Gasteiger partial charge in [0.2, 0.25) is 0 Å². The summed E-state index contributed by atoms with van der Waals surface area (Å²) in [6.07, 6.45) is 5.10. The van der Waals surface area contributed by atoms with E-state index < -0.39 is 0 Å². The highest BCUT2D eigenvalue weighted by atomic mass is 16.5. The SMILES string of the molecule is [CH2]CCCCOCCCCO. The van der Waals surface area contributed by atoms with Gasteiger partial charge in [0.15, 0.2) is 0 Å². The van der Waals surface area contributed by atoms with Crippen molar-refractivity contribution in [3.05, 3.63) is 6.92 Å². The average Bonchev–Trinajstić information content (AvgIpc) is 2.03. The first-order valence-corrected chi connectivity index (χ1v) is 4.39. The zero-order valence-corrected chi connectivity index (χ0v) is 7.22. The Labute approximate surface area is 69.6 Å². The van der Waals surface area contributed by atoms with Crippen molar-refractivity contribution in [3.63, 3.8) is 0 Å². The monoisotopic (exact) mass is 159 g/mol. The van der Waals surface area contributed by atoms with Crippen molar-refractivity contribution in [3.8, 4) is 0 Å². The molecule has 0 bridgehead atoms. The quantitative estimate of drug-likeness (QED) is 0.547. The zero-order valence-electron chi connectivity index (χ0n) is 7.22. The molecule has 0 heterocycles. The lowest BCUT2D eigenvalue weighted by Crippen LogP contribution is -1.97. The second-order valence-electron chi connectivity index (χ2n) is 2.60. The van der Waals surface area contributed by atoms with Crippen LogP contribution < -0.4 is 0 Å². The molecule has 11 heavy (non-hydrogen) atoms. The number of aliphatic hydroxyl groups excluding tert-OH is 1. The molecule has 1 N–H and O–H groups in total. The van der Waals surface area contributed by atoms with Crippen molar-refractivity contribution >= 4 is 0 Å². The van der Waals surface area contributed by atoms with Gasteiger partial charge in [-0.1, -0.05) is 19.8 Å². The van der Waals surface area contributed by atoms with Crippen LogP contribution in [0.1, 0.15) is 32.1 Å². The Morgan fingerprint density at radius 3 is 2.18 bits per heavy atom. The van der Waals surface area contributed by atoms with Gasteiger partial charge in [0.1, 0.15) is 0 Å². The van der Waals surface area contributed by atoms with Crippen LogP contribution in [0.2, 0.25) is 0 Å². The molecule has 2 heteroatoms. The first kappa shape index (κ1) is 10.9. The van der Waals surface area contributed by atoms with E-state index in [1.54, 1.807) is 0 Å². The molecule has 0 amide bonds. The largest absolute Gasteiger partial charge is 0.396 e. The second-order valence-corrected chi connectivity index (χ2v) is 2.60. The summed E-state index contributed by atoms with van der Waals surface area (Å²) >= 11 is 0. The van der Waals surface area contributed by atoms with Crippen LogP contribution in [0.3, 0.4) is 0 Å². The number of hydrogen-bond acceptors (Lipinski definition) is 2. The molecular weight excluding hydrogens is 140 g/mol. The second kappa shape index (κ2) is 9.92. The molecule has 0 atom stereocenters. The van der Waals surface area contributed by atoms with Crippen LogP contribution in [-0.4, -0.2) is 24.9 Å². The van der Waals surface area contributed by atoms with Gasteiger partial charge in [-0.15, -0.1) is 0 Å². The fourth-order valence-corrected chi connectivity index (χ4v) is 0.799. The molecule has 0 aliphatic heterocycles. The van der Waals surface area contributed by atoms with Gasteiger partial charge in [0.25, 0.3) is 0 Å². The maximum Gasteiger partial charge on any atom is 0.0466 e. The highest BCUT2D eigenvalue weighted by Crippen LogP contribution is 1.95. The van der Waals surface area contributed by atoms with Crippen LogP contribution in [0.5, 0.6) is 0 Å². The summed E-state index contributed by atoms with van der Waals surface area (Å²) in [6, 6.07) is 0. The van der Waals surface area contributed by atoms with Crippen LogP contribution in [0, 0.1) is 6.92 Å². The van der Waals surface area contributed by atoms with E-state index in [1.807, 2.05) is 0 Å². The Bertz CT molecular complexity index is 56.6. The molecule has 0 aromatic heterocycles. The topological polar surface area (TPSA) is 29.5 Å². The molecule has 0 aliphatic rings. The van der Waals surface area contributed by atoms with Gasteiger partial charge in [-0.05, 0) is 19.3 Å². The number of unbranched alkanes of at least 4 members (excludes halogenated alkanes) is 3. The smallest absolute Gasteiger partial charge is 0.0466 e. The molecule has 67 valence electrons. The first-order valence-electron chi connectivity index (χ1n) is 4.39. The predicted molar refractivity (Wildman–Crippen MR) is 46.3 cm³/mol. The molecule has 0 aromatic rings. The predicted octanol–water partition coefficient (Wildman–Crippen LogP) is 1.78. The minimum Gasteiger partial charge on any atom is -0.396 e. The van der Waals surface area contributed by atoms with E-state index in [9.17, 15) is 0 Å². The van der Waals surface area contributed by atoms with Gasteiger partial charge in [-0.3, -0.25) is 0 Å². The minimum absolute atomic E-state index is 0.280. The number of rotatable bonds is 8. The van der Waals surface area contributed by atoms with Crippen LogP contribution in [0.4, 0.5) is 0 Å². The molecule has 0 rings (SSSR count). The van der Waals surface area contributed by atoms with Crippen molar-refractivity contribution in [2.45, 2.75) is 32.1 Å². The van der Waals surface area contributed by atoms with Crippen molar-refractivity contribution in [1.82, 2.24) is 0 Å². The lowest BCUT2D eigenvalue weighted by atomic mass is 10.3. The molecule has 0 spiro atoms. The maximum absolute atomic E-state index is 8.44. The molecule has 0 aromatic carbocycles. The highest BCUT2D eigenvalue weighted by molar-refractivity contribution is 4.42. The number of aliphatic hydroxyl groups is 1. The Morgan fingerprint density at radius 2 is 1.64 bits per heavy atom. The summed E-state index contributed by atoms with van der Waals surface area (Å²) in [7, 11) is 0. The molecule has 0 saturated heterocycles. The Morgan fingerprint density at radius 1 is 1.00 bits per heavy atom. The van der Waals surface area contributed by atoms with Gasteiger partial charge in [-0.25, -0.2) is 0 Å². The molecular formula is C9H19O2. The molecule has 0 aliphatic carbocycles. The first-order chi connectivity index (χ1) is 5.41. The Kier molecular flexibility index (Phi) is 9.85. The van der Waals surface area contributed by atoms with E-state index in [4.69, 9.17) is 9.84 Å². The van der Waals surface area contributed by atoms with Crippen molar-refractivity contribution < 1.29 is 9.84 Å². The summed E-state index contributed by atoms with van der Waals surface area (Å²) in [5, 5.41) is 8.44. The molecule has 0 unspecified atom stereocenters. The summed E-state index contributed by atoms with van der Waals surface area (Å²) < 4.78 is 5.30. The van der Waals surface area contributed by atoms with E-state index in [0.29, 0.717) is 0 Å². The standard InChI is InChI=1S/C9H19O2/c1-2-3-5-8-11-9-6-4-7-10/h10H,1-9H2. The Hall–Kier alpha value is -0.0800. The van der Waals surface area contributed by atoms with Crippen LogP contribution in [0.15, 0.2) is 0 Å². The average molecular weight is 159 g/mol. The van der Waals surface area contributed by atoms with Gasteiger partial charge >= 0.3 is 0 Å². The van der Waals surface area contributed by atoms with E-state index in [2.05, 4.69) is 6.92 Å². The summed E-state index contributed by atoms with van der Waals surface area (Å²) in [5.41, 5.74) is 0. The maximum atomic E-state index is 8.44. The van der Waals surface area contributed by atoms with E-state index in [1.165, 1.54) is 0 Å². The third kappa shape index (κ3) is 9.92. The Balaban J connectivity index is 2.69. The van der Waals surface area contributed by atoms with E-state index >= 15 is 0 Å². The van der Waals surface area contributed by atoms with Crippen LogP contribution in [0.25, 0.3) is 0 Å². The molecule has 0 fully saturated rings.